The number of halogens is 3. The Kier molecular flexibility index (Phi) is 5.80. The van der Waals surface area contributed by atoms with Crippen molar-refractivity contribution < 1.29 is 4.39 Å². The van der Waals surface area contributed by atoms with Crippen LogP contribution in [0.3, 0.4) is 0 Å². The fourth-order valence-electron chi connectivity index (χ4n) is 2.36. The highest BCUT2D eigenvalue weighted by Crippen LogP contribution is 2.22. The van der Waals surface area contributed by atoms with Crippen LogP contribution in [0, 0.1) is 5.82 Å². The molecule has 2 aromatic rings. The van der Waals surface area contributed by atoms with Gasteiger partial charge in [-0.2, -0.15) is 0 Å². The van der Waals surface area contributed by atoms with Gasteiger partial charge < -0.3 is 5.32 Å². The average molecular weight is 371 g/mol. The highest BCUT2D eigenvalue weighted by Gasteiger charge is 2.12. The third-order valence-electron chi connectivity index (χ3n) is 3.46. The van der Waals surface area contributed by atoms with Gasteiger partial charge in [0, 0.05) is 17.1 Å². The van der Waals surface area contributed by atoms with E-state index in [-0.39, 0.29) is 17.9 Å². The molecule has 21 heavy (non-hydrogen) atoms. The molecule has 1 nitrogen and oxygen atoms in total. The zero-order chi connectivity index (χ0) is 15.4. The summed E-state index contributed by atoms with van der Waals surface area (Å²) in [6.45, 7) is 4.20. The van der Waals surface area contributed by atoms with Gasteiger partial charge in [-0.25, -0.2) is 4.39 Å². The van der Waals surface area contributed by atoms with Crippen molar-refractivity contribution in [1.82, 2.24) is 5.32 Å². The molecule has 112 valence electrons. The zero-order valence-corrected chi connectivity index (χ0v) is 14.4. The van der Waals surface area contributed by atoms with Gasteiger partial charge in [0.15, 0.2) is 0 Å². The molecule has 2 atom stereocenters. The van der Waals surface area contributed by atoms with Crippen molar-refractivity contribution in [1.29, 1.82) is 0 Å². The van der Waals surface area contributed by atoms with E-state index in [1.165, 1.54) is 6.07 Å². The SMILES string of the molecule is CC(Cc1ccccc1Cl)NC(C)c1ccc(F)c(Br)c1. The maximum atomic E-state index is 13.3. The third-order valence-corrected chi connectivity index (χ3v) is 4.44. The van der Waals surface area contributed by atoms with Crippen LogP contribution < -0.4 is 5.32 Å². The van der Waals surface area contributed by atoms with Crippen LogP contribution in [0.1, 0.15) is 31.0 Å². The van der Waals surface area contributed by atoms with E-state index >= 15 is 0 Å². The van der Waals surface area contributed by atoms with Crippen molar-refractivity contribution in [2.45, 2.75) is 32.4 Å². The minimum atomic E-state index is -0.241. The van der Waals surface area contributed by atoms with Crippen molar-refractivity contribution in [2.24, 2.45) is 0 Å². The normalized spacial score (nSPS) is 14.0. The van der Waals surface area contributed by atoms with Crippen LogP contribution in [-0.2, 0) is 6.42 Å². The molecule has 0 aliphatic carbocycles. The summed E-state index contributed by atoms with van der Waals surface area (Å²) < 4.78 is 13.8. The topological polar surface area (TPSA) is 12.0 Å². The Bertz CT molecular complexity index is 617. The third kappa shape index (κ3) is 4.53. The minimum Gasteiger partial charge on any atom is -0.307 e. The molecule has 2 rings (SSSR count). The quantitative estimate of drug-likeness (QED) is 0.730. The van der Waals surface area contributed by atoms with Crippen molar-refractivity contribution in [3.8, 4) is 0 Å². The lowest BCUT2D eigenvalue weighted by molar-refractivity contribution is 0.476. The van der Waals surface area contributed by atoms with E-state index in [0.717, 1.165) is 22.6 Å². The molecule has 0 saturated carbocycles. The van der Waals surface area contributed by atoms with Crippen molar-refractivity contribution in [2.75, 3.05) is 0 Å². The molecule has 0 radical (unpaired) electrons. The number of hydrogen-bond acceptors (Lipinski definition) is 1. The van der Waals surface area contributed by atoms with E-state index in [9.17, 15) is 4.39 Å². The summed E-state index contributed by atoms with van der Waals surface area (Å²) in [6, 6.07) is 13.4. The van der Waals surface area contributed by atoms with Gasteiger partial charge in [0.25, 0.3) is 0 Å². The van der Waals surface area contributed by atoms with Gasteiger partial charge in [0.05, 0.1) is 4.47 Å². The van der Waals surface area contributed by atoms with Gasteiger partial charge in [-0.15, -0.1) is 0 Å². The molecule has 1 N–H and O–H groups in total. The van der Waals surface area contributed by atoms with Gasteiger partial charge in [-0.1, -0.05) is 35.9 Å². The standard InChI is InChI=1S/C17H18BrClFN/c1-11(9-14-5-3-4-6-16(14)19)21-12(2)13-7-8-17(20)15(18)10-13/h3-8,10-12,21H,9H2,1-2H3. The second kappa shape index (κ2) is 7.39. The second-order valence-electron chi connectivity index (χ2n) is 5.26. The number of hydrogen-bond donors (Lipinski definition) is 1. The second-order valence-corrected chi connectivity index (χ2v) is 6.52. The van der Waals surface area contributed by atoms with E-state index in [4.69, 9.17) is 11.6 Å². The predicted octanol–water partition coefficient (Wildman–Crippen LogP) is 5.52. The van der Waals surface area contributed by atoms with Crippen LogP contribution >= 0.6 is 27.5 Å². The summed E-state index contributed by atoms with van der Waals surface area (Å²) in [6.07, 6.45) is 0.854. The molecule has 0 heterocycles. The molecule has 0 aliphatic heterocycles. The molecule has 0 fully saturated rings. The van der Waals surface area contributed by atoms with Crippen molar-refractivity contribution in [3.63, 3.8) is 0 Å². The van der Waals surface area contributed by atoms with E-state index in [1.54, 1.807) is 6.07 Å². The average Bonchev–Trinajstić information content (AvgIpc) is 2.44. The Labute approximate surface area is 138 Å². The first-order chi connectivity index (χ1) is 9.97. The summed E-state index contributed by atoms with van der Waals surface area (Å²) in [5, 5.41) is 4.31. The molecule has 2 unspecified atom stereocenters. The van der Waals surface area contributed by atoms with Crippen LogP contribution in [0.15, 0.2) is 46.9 Å². The minimum absolute atomic E-state index is 0.138. The van der Waals surface area contributed by atoms with E-state index in [0.29, 0.717) is 4.47 Å². The number of rotatable bonds is 5. The van der Waals surface area contributed by atoms with Crippen LogP contribution in [-0.4, -0.2) is 6.04 Å². The first-order valence-electron chi connectivity index (χ1n) is 6.91. The summed E-state index contributed by atoms with van der Waals surface area (Å²) in [4.78, 5) is 0. The molecule has 0 aromatic heterocycles. The zero-order valence-electron chi connectivity index (χ0n) is 12.0. The Morgan fingerprint density at radius 1 is 1.19 bits per heavy atom. The first-order valence-corrected chi connectivity index (χ1v) is 8.09. The number of nitrogens with one attached hydrogen (secondary N) is 1. The molecular weight excluding hydrogens is 353 g/mol. The van der Waals surface area contributed by atoms with Gasteiger partial charge in [0.1, 0.15) is 5.82 Å². The van der Waals surface area contributed by atoms with Crippen LogP contribution in [0.25, 0.3) is 0 Å². The van der Waals surface area contributed by atoms with Gasteiger partial charge >= 0.3 is 0 Å². The maximum absolute atomic E-state index is 13.3. The Morgan fingerprint density at radius 2 is 1.90 bits per heavy atom. The summed E-state index contributed by atoms with van der Waals surface area (Å²) in [7, 11) is 0. The lowest BCUT2D eigenvalue weighted by atomic mass is 10.0. The Balaban J connectivity index is 2.00. The first kappa shape index (κ1) is 16.5. The van der Waals surface area contributed by atoms with Crippen LogP contribution in [0.5, 0.6) is 0 Å². The summed E-state index contributed by atoms with van der Waals surface area (Å²) >= 11 is 9.41. The molecule has 2 aromatic carbocycles. The van der Waals surface area contributed by atoms with Gasteiger partial charge in [-0.3, -0.25) is 0 Å². The molecule has 0 spiro atoms. The van der Waals surface area contributed by atoms with Gasteiger partial charge in [-0.05, 0) is 65.5 Å². The van der Waals surface area contributed by atoms with Crippen LogP contribution in [0.2, 0.25) is 5.02 Å². The van der Waals surface area contributed by atoms with E-state index < -0.39 is 0 Å². The van der Waals surface area contributed by atoms with Gasteiger partial charge in [0.2, 0.25) is 0 Å². The monoisotopic (exact) mass is 369 g/mol. The largest absolute Gasteiger partial charge is 0.307 e. The van der Waals surface area contributed by atoms with Crippen LogP contribution in [0.4, 0.5) is 4.39 Å². The predicted molar refractivity (Wildman–Crippen MR) is 90.3 cm³/mol. The Morgan fingerprint density at radius 3 is 2.57 bits per heavy atom. The van der Waals surface area contributed by atoms with Crippen molar-refractivity contribution >= 4 is 27.5 Å². The molecular formula is C17H18BrClFN. The fraction of sp³-hybridized carbons (Fsp3) is 0.294. The number of benzene rings is 2. The lowest BCUT2D eigenvalue weighted by Crippen LogP contribution is -2.30. The lowest BCUT2D eigenvalue weighted by Gasteiger charge is -2.21. The smallest absolute Gasteiger partial charge is 0.137 e. The summed E-state index contributed by atoms with van der Waals surface area (Å²) in [5.74, 6) is -0.241. The molecule has 0 saturated heterocycles. The van der Waals surface area contributed by atoms with E-state index in [2.05, 4.69) is 35.1 Å². The fourth-order valence-corrected chi connectivity index (χ4v) is 2.97. The van der Waals surface area contributed by atoms with E-state index in [1.807, 2.05) is 30.3 Å². The highest BCUT2D eigenvalue weighted by molar-refractivity contribution is 9.10. The van der Waals surface area contributed by atoms with Crippen molar-refractivity contribution in [3.05, 3.63) is 68.9 Å². The molecule has 0 bridgehead atoms. The summed E-state index contributed by atoms with van der Waals surface area (Å²) in [5.41, 5.74) is 2.18. The Hall–Kier alpha value is -0.900. The highest BCUT2D eigenvalue weighted by atomic mass is 79.9. The maximum Gasteiger partial charge on any atom is 0.137 e. The molecule has 0 aliphatic rings. The molecule has 4 heteroatoms. The molecule has 0 amide bonds.